The van der Waals surface area contributed by atoms with E-state index in [0.717, 1.165) is 31.9 Å². The van der Waals surface area contributed by atoms with Crippen LogP contribution >= 0.6 is 0 Å². The van der Waals surface area contributed by atoms with Gasteiger partial charge in [0.15, 0.2) is 0 Å². The molecule has 0 fully saturated rings. The number of nitrogens with one attached hydrogen (secondary N) is 1. The summed E-state index contributed by atoms with van der Waals surface area (Å²) < 4.78 is 27.6. The third kappa shape index (κ3) is 3.45. The molecule has 1 N–H and O–H groups in total. The highest BCUT2D eigenvalue weighted by atomic mass is 19.1. The molecular weight excluding hydrogens is 256 g/mol. The molecule has 0 radical (unpaired) electrons. The molecule has 0 spiro atoms. The van der Waals surface area contributed by atoms with E-state index in [-0.39, 0.29) is 6.04 Å². The molecule has 110 valence electrons. The zero-order valence-electron chi connectivity index (χ0n) is 12.3. The first-order valence-corrected chi connectivity index (χ1v) is 7.51. The number of hydrogen-bond donors (Lipinski definition) is 1. The van der Waals surface area contributed by atoms with Crippen LogP contribution in [0.3, 0.4) is 0 Å². The van der Waals surface area contributed by atoms with Gasteiger partial charge in [0.2, 0.25) is 0 Å². The molecule has 1 nitrogen and oxygen atoms in total. The standard InChI is InChI=1S/C17H23F2N/c1-3-20-17(13-8-6-4-5-7-9-13)14-10-12(2)15(18)11-16(14)19/h8,10-11,17,20H,3-7,9H2,1-2H3. The van der Waals surface area contributed by atoms with E-state index in [2.05, 4.69) is 11.4 Å². The average molecular weight is 279 g/mol. The Bertz CT molecular complexity index is 494. The minimum atomic E-state index is -0.476. The number of benzene rings is 1. The van der Waals surface area contributed by atoms with Crippen LogP contribution in [0.1, 0.15) is 56.2 Å². The first kappa shape index (κ1) is 15.2. The highest BCUT2D eigenvalue weighted by Crippen LogP contribution is 2.31. The van der Waals surface area contributed by atoms with Crippen molar-refractivity contribution in [1.82, 2.24) is 5.32 Å². The fourth-order valence-electron chi connectivity index (χ4n) is 2.85. The van der Waals surface area contributed by atoms with Crippen LogP contribution in [0, 0.1) is 18.6 Å². The lowest BCUT2D eigenvalue weighted by molar-refractivity contribution is 0.525. The highest BCUT2D eigenvalue weighted by Gasteiger charge is 2.21. The van der Waals surface area contributed by atoms with Gasteiger partial charge in [0.1, 0.15) is 11.6 Å². The summed E-state index contributed by atoms with van der Waals surface area (Å²) in [6.07, 6.45) is 7.86. The average Bonchev–Trinajstić information content (AvgIpc) is 2.69. The van der Waals surface area contributed by atoms with Crippen molar-refractivity contribution in [2.45, 2.75) is 52.0 Å². The maximum atomic E-state index is 14.2. The summed E-state index contributed by atoms with van der Waals surface area (Å²) in [6.45, 7) is 4.46. The van der Waals surface area contributed by atoms with Crippen molar-refractivity contribution in [3.8, 4) is 0 Å². The molecule has 0 aromatic heterocycles. The number of rotatable bonds is 4. The molecule has 20 heavy (non-hydrogen) atoms. The Hall–Kier alpha value is -1.22. The predicted octanol–water partition coefficient (Wildman–Crippen LogP) is 4.81. The van der Waals surface area contributed by atoms with Crippen molar-refractivity contribution in [3.05, 3.63) is 46.5 Å². The van der Waals surface area contributed by atoms with E-state index in [1.165, 1.54) is 18.4 Å². The number of halogens is 2. The van der Waals surface area contributed by atoms with Gasteiger partial charge in [-0.15, -0.1) is 0 Å². The Kier molecular flexibility index (Phi) is 5.30. The van der Waals surface area contributed by atoms with Crippen molar-refractivity contribution in [2.75, 3.05) is 6.54 Å². The summed E-state index contributed by atoms with van der Waals surface area (Å²) in [5, 5.41) is 3.35. The van der Waals surface area contributed by atoms with E-state index in [0.29, 0.717) is 11.1 Å². The predicted molar refractivity (Wildman–Crippen MR) is 78.7 cm³/mol. The maximum Gasteiger partial charge on any atom is 0.131 e. The fourth-order valence-corrected chi connectivity index (χ4v) is 2.85. The molecule has 0 saturated carbocycles. The van der Waals surface area contributed by atoms with Crippen LogP contribution in [0.4, 0.5) is 8.78 Å². The second-order valence-electron chi connectivity index (χ2n) is 5.49. The maximum absolute atomic E-state index is 14.2. The first-order chi connectivity index (χ1) is 9.63. The molecule has 1 unspecified atom stereocenters. The van der Waals surface area contributed by atoms with Gasteiger partial charge in [-0.2, -0.15) is 0 Å². The third-order valence-electron chi connectivity index (χ3n) is 3.94. The van der Waals surface area contributed by atoms with E-state index in [4.69, 9.17) is 0 Å². The Labute approximate surface area is 120 Å². The summed E-state index contributed by atoms with van der Waals surface area (Å²) in [6, 6.07) is 2.52. The smallest absolute Gasteiger partial charge is 0.131 e. The normalized spacial score (nSPS) is 17.5. The van der Waals surface area contributed by atoms with Crippen molar-refractivity contribution in [3.63, 3.8) is 0 Å². The second-order valence-corrected chi connectivity index (χ2v) is 5.49. The lowest BCUT2D eigenvalue weighted by Crippen LogP contribution is -2.24. The van der Waals surface area contributed by atoms with Gasteiger partial charge in [0.25, 0.3) is 0 Å². The number of allylic oxidation sites excluding steroid dienone is 1. The van der Waals surface area contributed by atoms with Crippen molar-refractivity contribution < 1.29 is 8.78 Å². The monoisotopic (exact) mass is 279 g/mol. The van der Waals surface area contributed by atoms with Gasteiger partial charge in [-0.1, -0.05) is 25.0 Å². The first-order valence-electron chi connectivity index (χ1n) is 7.51. The van der Waals surface area contributed by atoms with E-state index in [1.54, 1.807) is 13.0 Å². The molecule has 0 saturated heterocycles. The summed E-state index contributed by atoms with van der Waals surface area (Å²) in [4.78, 5) is 0. The Morgan fingerprint density at radius 2 is 1.95 bits per heavy atom. The van der Waals surface area contributed by atoms with Crippen LogP contribution in [-0.4, -0.2) is 6.54 Å². The second kappa shape index (κ2) is 6.98. The zero-order chi connectivity index (χ0) is 14.5. The lowest BCUT2D eigenvalue weighted by atomic mass is 9.93. The third-order valence-corrected chi connectivity index (χ3v) is 3.94. The number of hydrogen-bond acceptors (Lipinski definition) is 1. The lowest BCUT2D eigenvalue weighted by Gasteiger charge is -2.23. The molecule has 1 aromatic rings. The van der Waals surface area contributed by atoms with Gasteiger partial charge in [-0.25, -0.2) is 8.78 Å². The van der Waals surface area contributed by atoms with Gasteiger partial charge in [0.05, 0.1) is 6.04 Å². The SMILES string of the molecule is CCNC(C1=CCCCCC1)c1cc(C)c(F)cc1F. The van der Waals surface area contributed by atoms with Gasteiger partial charge >= 0.3 is 0 Å². The van der Waals surface area contributed by atoms with Crippen molar-refractivity contribution in [2.24, 2.45) is 0 Å². The van der Waals surface area contributed by atoms with E-state index in [1.807, 2.05) is 6.92 Å². The van der Waals surface area contributed by atoms with Gasteiger partial charge in [-0.3, -0.25) is 0 Å². The topological polar surface area (TPSA) is 12.0 Å². The molecule has 0 aliphatic heterocycles. The van der Waals surface area contributed by atoms with Crippen LogP contribution < -0.4 is 5.32 Å². The minimum absolute atomic E-state index is 0.127. The molecule has 1 aliphatic rings. The van der Waals surface area contributed by atoms with Gasteiger partial charge in [0, 0.05) is 11.6 Å². The van der Waals surface area contributed by atoms with Gasteiger partial charge in [-0.05, 0) is 50.8 Å². The minimum Gasteiger partial charge on any atom is -0.307 e. The van der Waals surface area contributed by atoms with Crippen LogP contribution in [0.15, 0.2) is 23.8 Å². The molecule has 1 atom stereocenters. The fraction of sp³-hybridized carbons (Fsp3) is 0.529. The van der Waals surface area contributed by atoms with Crippen molar-refractivity contribution in [1.29, 1.82) is 0 Å². The van der Waals surface area contributed by atoms with Crippen LogP contribution in [0.5, 0.6) is 0 Å². The summed E-state index contributed by atoms with van der Waals surface area (Å²) in [5.74, 6) is -0.930. The molecule has 3 heteroatoms. The van der Waals surface area contributed by atoms with E-state index < -0.39 is 11.6 Å². The Morgan fingerprint density at radius 1 is 1.15 bits per heavy atom. The molecule has 0 amide bonds. The molecule has 2 rings (SSSR count). The zero-order valence-corrected chi connectivity index (χ0v) is 12.3. The van der Waals surface area contributed by atoms with E-state index in [9.17, 15) is 8.78 Å². The molecule has 1 aromatic carbocycles. The number of likely N-dealkylation sites (N-methyl/N-ethyl adjacent to an activating group) is 1. The summed E-state index contributed by atoms with van der Waals surface area (Å²) in [5.41, 5.74) is 2.31. The number of aryl methyl sites for hydroxylation is 1. The van der Waals surface area contributed by atoms with Crippen LogP contribution in [0.25, 0.3) is 0 Å². The molecular formula is C17H23F2N. The Morgan fingerprint density at radius 3 is 2.70 bits per heavy atom. The molecule has 1 aliphatic carbocycles. The molecule has 0 heterocycles. The Balaban J connectivity index is 2.37. The summed E-state index contributed by atoms with van der Waals surface area (Å²) >= 11 is 0. The summed E-state index contributed by atoms with van der Waals surface area (Å²) in [7, 11) is 0. The largest absolute Gasteiger partial charge is 0.307 e. The quantitative estimate of drug-likeness (QED) is 0.780. The van der Waals surface area contributed by atoms with E-state index >= 15 is 0 Å². The molecule has 0 bridgehead atoms. The highest BCUT2D eigenvalue weighted by molar-refractivity contribution is 5.34. The van der Waals surface area contributed by atoms with Crippen LogP contribution in [-0.2, 0) is 0 Å². The van der Waals surface area contributed by atoms with Crippen LogP contribution in [0.2, 0.25) is 0 Å². The van der Waals surface area contributed by atoms with Gasteiger partial charge < -0.3 is 5.32 Å². The van der Waals surface area contributed by atoms with Crippen molar-refractivity contribution >= 4 is 0 Å².